The highest BCUT2D eigenvalue weighted by molar-refractivity contribution is 5.99. The lowest BCUT2D eigenvalue weighted by atomic mass is 10.1. The molecule has 130 valence electrons. The summed E-state index contributed by atoms with van der Waals surface area (Å²) < 4.78 is 13.2. The molecule has 1 aromatic carbocycles. The Balaban J connectivity index is 1.73. The number of benzene rings is 1. The van der Waals surface area contributed by atoms with E-state index in [1.165, 1.54) is 0 Å². The van der Waals surface area contributed by atoms with Gasteiger partial charge in [0.15, 0.2) is 5.76 Å². The van der Waals surface area contributed by atoms with Gasteiger partial charge in [0.05, 0.1) is 24.9 Å². The maximum atomic E-state index is 13.3. The Bertz CT molecular complexity index is 912. The SMILES string of the molecule is COCC1CCn2nccc2CN1C(=O)c1oc2ccccc2c1C. The highest BCUT2D eigenvalue weighted by Gasteiger charge is 2.31. The summed E-state index contributed by atoms with van der Waals surface area (Å²) >= 11 is 0. The van der Waals surface area contributed by atoms with Gasteiger partial charge in [-0.15, -0.1) is 0 Å². The van der Waals surface area contributed by atoms with Crippen molar-refractivity contribution in [2.24, 2.45) is 0 Å². The van der Waals surface area contributed by atoms with E-state index in [2.05, 4.69) is 5.10 Å². The molecule has 3 aromatic rings. The first-order valence-electron chi connectivity index (χ1n) is 8.47. The van der Waals surface area contributed by atoms with Crippen molar-refractivity contribution >= 4 is 16.9 Å². The Morgan fingerprint density at radius 3 is 3.00 bits per heavy atom. The summed E-state index contributed by atoms with van der Waals surface area (Å²) in [5.41, 5.74) is 2.65. The Hall–Kier alpha value is -2.60. The predicted octanol–water partition coefficient (Wildman–Crippen LogP) is 3.00. The average molecular weight is 339 g/mol. The first-order chi connectivity index (χ1) is 12.2. The molecule has 1 unspecified atom stereocenters. The molecule has 1 aliphatic rings. The summed E-state index contributed by atoms with van der Waals surface area (Å²) in [5, 5.41) is 5.33. The molecule has 0 saturated carbocycles. The molecule has 0 radical (unpaired) electrons. The van der Waals surface area contributed by atoms with Crippen LogP contribution in [0.15, 0.2) is 40.9 Å². The number of carbonyl (C=O) groups is 1. The van der Waals surface area contributed by atoms with Crippen molar-refractivity contribution in [2.45, 2.75) is 32.5 Å². The van der Waals surface area contributed by atoms with Gasteiger partial charge in [0.25, 0.3) is 5.91 Å². The quantitative estimate of drug-likeness (QED) is 0.736. The lowest BCUT2D eigenvalue weighted by molar-refractivity contribution is 0.0475. The molecule has 1 atom stereocenters. The van der Waals surface area contributed by atoms with Crippen molar-refractivity contribution in [3.8, 4) is 0 Å². The number of fused-ring (bicyclic) bond motifs is 2. The third-order valence-corrected chi connectivity index (χ3v) is 4.91. The van der Waals surface area contributed by atoms with Crippen molar-refractivity contribution in [1.82, 2.24) is 14.7 Å². The zero-order valence-electron chi connectivity index (χ0n) is 14.4. The van der Waals surface area contributed by atoms with Gasteiger partial charge in [-0.2, -0.15) is 5.10 Å². The first-order valence-corrected chi connectivity index (χ1v) is 8.47. The van der Waals surface area contributed by atoms with E-state index in [-0.39, 0.29) is 11.9 Å². The molecule has 1 aliphatic heterocycles. The van der Waals surface area contributed by atoms with E-state index in [4.69, 9.17) is 9.15 Å². The molecule has 0 aliphatic carbocycles. The van der Waals surface area contributed by atoms with Crippen LogP contribution >= 0.6 is 0 Å². The van der Waals surface area contributed by atoms with Gasteiger partial charge >= 0.3 is 0 Å². The molecule has 25 heavy (non-hydrogen) atoms. The summed E-state index contributed by atoms with van der Waals surface area (Å²) in [7, 11) is 1.67. The molecule has 3 heterocycles. The van der Waals surface area contributed by atoms with Gasteiger partial charge in [-0.3, -0.25) is 9.48 Å². The van der Waals surface area contributed by atoms with Crippen LogP contribution in [0.25, 0.3) is 11.0 Å². The Morgan fingerprint density at radius 2 is 2.20 bits per heavy atom. The number of carbonyl (C=O) groups excluding carboxylic acids is 1. The number of hydrogen-bond donors (Lipinski definition) is 0. The fourth-order valence-electron chi connectivity index (χ4n) is 3.54. The zero-order valence-corrected chi connectivity index (χ0v) is 14.4. The molecule has 6 nitrogen and oxygen atoms in total. The van der Waals surface area contributed by atoms with E-state index < -0.39 is 0 Å². The van der Waals surface area contributed by atoms with E-state index in [1.807, 2.05) is 46.8 Å². The number of amides is 1. The van der Waals surface area contributed by atoms with E-state index in [0.29, 0.717) is 18.9 Å². The van der Waals surface area contributed by atoms with Crippen LogP contribution in [0.2, 0.25) is 0 Å². The lowest BCUT2D eigenvalue weighted by Gasteiger charge is -2.28. The monoisotopic (exact) mass is 339 g/mol. The summed E-state index contributed by atoms with van der Waals surface area (Å²) in [5.74, 6) is 0.320. The Morgan fingerprint density at radius 1 is 1.36 bits per heavy atom. The van der Waals surface area contributed by atoms with E-state index >= 15 is 0 Å². The second-order valence-corrected chi connectivity index (χ2v) is 6.43. The van der Waals surface area contributed by atoms with Gasteiger partial charge in [0, 0.05) is 30.8 Å². The molecule has 4 rings (SSSR count). The van der Waals surface area contributed by atoms with Crippen molar-refractivity contribution in [1.29, 1.82) is 0 Å². The minimum absolute atomic E-state index is 0.00758. The van der Waals surface area contributed by atoms with Crippen molar-refractivity contribution in [3.05, 3.63) is 53.5 Å². The van der Waals surface area contributed by atoms with Crippen LogP contribution in [-0.2, 0) is 17.8 Å². The third-order valence-electron chi connectivity index (χ3n) is 4.91. The molecule has 0 saturated heterocycles. The van der Waals surface area contributed by atoms with Gasteiger partial charge in [0.1, 0.15) is 5.58 Å². The van der Waals surface area contributed by atoms with E-state index in [1.54, 1.807) is 13.3 Å². The topological polar surface area (TPSA) is 60.5 Å². The molecule has 1 amide bonds. The van der Waals surface area contributed by atoms with Crippen LogP contribution < -0.4 is 0 Å². The predicted molar refractivity (Wildman–Crippen MR) is 93.3 cm³/mol. The van der Waals surface area contributed by atoms with Crippen LogP contribution in [0.5, 0.6) is 0 Å². The summed E-state index contributed by atoms with van der Waals surface area (Å²) in [6.07, 6.45) is 2.58. The number of aromatic nitrogens is 2. The van der Waals surface area contributed by atoms with Gasteiger partial charge in [-0.1, -0.05) is 18.2 Å². The smallest absolute Gasteiger partial charge is 0.290 e. The number of aryl methyl sites for hydroxylation is 2. The van der Waals surface area contributed by atoms with Crippen molar-refractivity contribution in [3.63, 3.8) is 0 Å². The summed E-state index contributed by atoms with van der Waals surface area (Å²) in [4.78, 5) is 15.2. The average Bonchev–Trinajstić information content (AvgIpc) is 3.16. The van der Waals surface area contributed by atoms with Crippen LogP contribution in [0.1, 0.15) is 28.2 Å². The number of para-hydroxylation sites is 1. The second kappa shape index (κ2) is 6.37. The third kappa shape index (κ3) is 2.72. The first kappa shape index (κ1) is 15.9. The van der Waals surface area contributed by atoms with Crippen LogP contribution in [0.4, 0.5) is 0 Å². The van der Waals surface area contributed by atoms with E-state index in [0.717, 1.165) is 35.2 Å². The number of methoxy groups -OCH3 is 1. The Kier molecular flexibility index (Phi) is 4.05. The molecule has 2 aromatic heterocycles. The normalized spacial score (nSPS) is 17.5. The number of nitrogens with zero attached hydrogens (tertiary/aromatic N) is 3. The molecular formula is C19H21N3O3. The number of furan rings is 1. The zero-order chi connectivity index (χ0) is 17.4. The minimum Gasteiger partial charge on any atom is -0.451 e. The van der Waals surface area contributed by atoms with Gasteiger partial charge < -0.3 is 14.1 Å². The van der Waals surface area contributed by atoms with Gasteiger partial charge in [-0.25, -0.2) is 0 Å². The number of hydrogen-bond acceptors (Lipinski definition) is 4. The fourth-order valence-corrected chi connectivity index (χ4v) is 3.54. The Labute approximate surface area is 146 Å². The summed E-state index contributed by atoms with van der Waals surface area (Å²) in [6.45, 7) is 3.71. The standard InChI is InChI=1S/C19H21N3O3/c1-13-16-5-3-4-6-17(16)25-18(13)19(23)21-11-14-7-9-20-22(14)10-8-15(21)12-24-2/h3-7,9,15H,8,10-12H2,1-2H3. The molecule has 0 N–H and O–H groups in total. The van der Waals surface area contributed by atoms with Crippen LogP contribution in [0.3, 0.4) is 0 Å². The highest BCUT2D eigenvalue weighted by atomic mass is 16.5. The molecule has 0 bridgehead atoms. The van der Waals surface area contributed by atoms with Gasteiger partial charge in [0.2, 0.25) is 0 Å². The van der Waals surface area contributed by atoms with E-state index in [9.17, 15) is 4.79 Å². The second-order valence-electron chi connectivity index (χ2n) is 6.43. The van der Waals surface area contributed by atoms with Crippen LogP contribution in [0, 0.1) is 6.92 Å². The lowest BCUT2D eigenvalue weighted by Crippen LogP contribution is -2.41. The number of ether oxygens (including phenoxy) is 1. The highest BCUT2D eigenvalue weighted by Crippen LogP contribution is 2.28. The minimum atomic E-state index is -0.0922. The fraction of sp³-hybridized carbons (Fsp3) is 0.368. The molecular weight excluding hydrogens is 318 g/mol. The maximum absolute atomic E-state index is 13.3. The largest absolute Gasteiger partial charge is 0.451 e. The van der Waals surface area contributed by atoms with Crippen molar-refractivity contribution < 1.29 is 13.9 Å². The molecule has 0 spiro atoms. The van der Waals surface area contributed by atoms with Crippen molar-refractivity contribution in [2.75, 3.05) is 13.7 Å². The molecule has 0 fully saturated rings. The van der Waals surface area contributed by atoms with Gasteiger partial charge in [-0.05, 0) is 25.5 Å². The van der Waals surface area contributed by atoms with Crippen LogP contribution in [-0.4, -0.2) is 40.3 Å². The maximum Gasteiger partial charge on any atom is 0.290 e. The number of rotatable bonds is 3. The summed E-state index contributed by atoms with van der Waals surface area (Å²) in [6, 6.07) is 9.70. The molecule has 6 heteroatoms.